The van der Waals surface area contributed by atoms with Crippen LogP contribution in [-0.4, -0.2) is 29.9 Å². The van der Waals surface area contributed by atoms with E-state index in [1.165, 1.54) is 31.0 Å². The Morgan fingerprint density at radius 1 is 0.676 bits per heavy atom. The third kappa shape index (κ3) is 3.86. The van der Waals surface area contributed by atoms with Crippen molar-refractivity contribution >= 4 is 97.6 Å². The fourth-order valence-electron chi connectivity index (χ4n) is 4.44. The van der Waals surface area contributed by atoms with Gasteiger partial charge in [0.25, 0.3) is 0 Å². The van der Waals surface area contributed by atoms with Gasteiger partial charge in [0.2, 0.25) is 0 Å². The maximum absolute atomic E-state index is 14.8. The molecule has 0 saturated carbocycles. The Bertz CT molecular complexity index is 1870. The molecule has 5 heterocycles. The number of thiophene rings is 4. The first-order valence-corrected chi connectivity index (χ1v) is 15.5. The van der Waals surface area contributed by atoms with E-state index < -0.39 is 0 Å². The molecule has 0 bridgehead atoms. The van der Waals surface area contributed by atoms with Crippen molar-refractivity contribution < 1.29 is 4.39 Å². The third-order valence-electron chi connectivity index (χ3n) is 6.34. The molecular formula is C27H19FN4S5. The number of aromatic nitrogens is 2. The number of hydrogen-bond donors (Lipinski definition) is 1. The van der Waals surface area contributed by atoms with Crippen LogP contribution in [0.15, 0.2) is 54.6 Å². The van der Waals surface area contributed by atoms with Crippen LogP contribution in [0.3, 0.4) is 0 Å². The minimum Gasteiger partial charge on any atom is -0.380 e. The molecule has 37 heavy (non-hydrogen) atoms. The summed E-state index contributed by atoms with van der Waals surface area (Å²) in [5, 5.41) is 4.41. The number of benzene rings is 2. The first kappa shape index (κ1) is 23.2. The van der Waals surface area contributed by atoms with Crippen LogP contribution in [0.2, 0.25) is 0 Å². The molecule has 7 rings (SSSR count). The molecule has 4 nitrogen and oxygen atoms in total. The molecular weight excluding hydrogens is 560 g/mol. The number of nitrogens with zero attached hydrogens (tertiary/aromatic N) is 3. The maximum Gasteiger partial charge on any atom is 0.133 e. The topological polar surface area (TPSA) is 41.0 Å². The Hall–Kier alpha value is -2.89. The van der Waals surface area contributed by atoms with Crippen LogP contribution in [0.5, 0.6) is 0 Å². The minimum atomic E-state index is -0.193. The highest BCUT2D eigenvalue weighted by molar-refractivity contribution is 7.31. The molecule has 2 aromatic carbocycles. The summed E-state index contributed by atoms with van der Waals surface area (Å²) in [7, 11) is 5.79. The van der Waals surface area contributed by atoms with Crippen molar-refractivity contribution in [2.75, 3.05) is 31.4 Å². The molecule has 0 amide bonds. The van der Waals surface area contributed by atoms with Crippen molar-refractivity contribution in [3.8, 4) is 31.3 Å². The summed E-state index contributed by atoms with van der Waals surface area (Å²) in [6.07, 6.45) is 0. The summed E-state index contributed by atoms with van der Waals surface area (Å²) >= 11 is 8.17. The molecule has 184 valence electrons. The largest absolute Gasteiger partial charge is 0.380 e. The maximum atomic E-state index is 14.8. The lowest BCUT2D eigenvalue weighted by atomic mass is 10.1. The normalized spacial score (nSPS) is 11.8. The SMILES string of the molecule is CNc1cc2sc(-c3ccc(-c4cc5sc(-c6ccc(N(C)C)cc6F)cc5s4)c4nsnc34)cc2s1. The fraction of sp³-hybridized carbons (Fsp3) is 0.111. The molecule has 0 radical (unpaired) electrons. The second-order valence-corrected chi connectivity index (χ2v) is 13.7. The molecule has 10 heteroatoms. The van der Waals surface area contributed by atoms with Gasteiger partial charge in [0.1, 0.15) is 16.9 Å². The Balaban J connectivity index is 1.26. The Morgan fingerprint density at radius 3 is 1.70 bits per heavy atom. The summed E-state index contributed by atoms with van der Waals surface area (Å²) in [4.78, 5) is 5.23. The highest BCUT2D eigenvalue weighted by Crippen LogP contribution is 2.46. The van der Waals surface area contributed by atoms with Crippen molar-refractivity contribution in [2.24, 2.45) is 0 Å². The van der Waals surface area contributed by atoms with E-state index >= 15 is 0 Å². The van der Waals surface area contributed by atoms with Gasteiger partial charge in [-0.1, -0.05) is 12.1 Å². The first-order chi connectivity index (χ1) is 18.0. The summed E-state index contributed by atoms with van der Waals surface area (Å²) in [6.45, 7) is 0. The van der Waals surface area contributed by atoms with E-state index in [0.29, 0.717) is 5.56 Å². The highest BCUT2D eigenvalue weighted by atomic mass is 32.1. The van der Waals surface area contributed by atoms with E-state index in [4.69, 9.17) is 0 Å². The predicted octanol–water partition coefficient (Wildman–Crippen LogP) is 9.49. The monoisotopic (exact) mass is 578 g/mol. The number of anilines is 2. The Labute approximate surface area is 232 Å². The van der Waals surface area contributed by atoms with Gasteiger partial charge in [-0.05, 0) is 42.5 Å². The first-order valence-electron chi connectivity index (χ1n) is 11.5. The number of nitrogens with one attached hydrogen (secondary N) is 1. The summed E-state index contributed by atoms with van der Waals surface area (Å²) in [5.41, 5.74) is 5.62. The number of rotatable bonds is 5. The van der Waals surface area contributed by atoms with Gasteiger partial charge >= 0.3 is 0 Å². The van der Waals surface area contributed by atoms with Crippen LogP contribution in [0, 0.1) is 5.82 Å². The second-order valence-electron chi connectivity index (χ2n) is 8.83. The van der Waals surface area contributed by atoms with Crippen molar-refractivity contribution in [3.05, 3.63) is 60.4 Å². The van der Waals surface area contributed by atoms with Crippen molar-refractivity contribution in [3.63, 3.8) is 0 Å². The van der Waals surface area contributed by atoms with E-state index in [0.717, 1.165) is 47.0 Å². The van der Waals surface area contributed by atoms with E-state index in [2.05, 4.69) is 50.5 Å². The van der Waals surface area contributed by atoms with Gasteiger partial charge in [-0.25, -0.2) is 4.39 Å². The van der Waals surface area contributed by atoms with Gasteiger partial charge in [0.05, 0.1) is 16.7 Å². The zero-order valence-electron chi connectivity index (χ0n) is 20.0. The molecule has 0 unspecified atom stereocenters. The van der Waals surface area contributed by atoms with E-state index in [1.54, 1.807) is 51.4 Å². The van der Waals surface area contributed by atoms with Crippen LogP contribution < -0.4 is 10.2 Å². The van der Waals surface area contributed by atoms with Crippen LogP contribution in [0.25, 0.3) is 61.2 Å². The molecule has 0 fully saturated rings. The third-order valence-corrected chi connectivity index (χ3v) is 11.6. The summed E-state index contributed by atoms with van der Waals surface area (Å²) in [5.74, 6) is -0.193. The lowest BCUT2D eigenvalue weighted by Crippen LogP contribution is -2.08. The zero-order valence-corrected chi connectivity index (χ0v) is 24.0. The summed E-state index contributed by atoms with van der Waals surface area (Å²) < 4.78 is 29.1. The molecule has 0 spiro atoms. The van der Waals surface area contributed by atoms with Crippen molar-refractivity contribution in [1.29, 1.82) is 0 Å². The fourth-order valence-corrected chi connectivity index (χ4v) is 9.74. The van der Waals surface area contributed by atoms with Gasteiger partial charge < -0.3 is 10.2 Å². The number of halogens is 1. The van der Waals surface area contributed by atoms with E-state index in [-0.39, 0.29) is 5.82 Å². The van der Waals surface area contributed by atoms with Gasteiger partial charge in [-0.3, -0.25) is 0 Å². The van der Waals surface area contributed by atoms with Crippen LogP contribution in [0.1, 0.15) is 0 Å². The minimum absolute atomic E-state index is 0.193. The molecule has 0 saturated heterocycles. The molecule has 0 aliphatic rings. The molecule has 7 aromatic rings. The van der Waals surface area contributed by atoms with Gasteiger partial charge in [-0.2, -0.15) is 8.75 Å². The molecule has 1 N–H and O–H groups in total. The standard InChI is InChI=1S/C27H19FN4S5/c1-29-25-12-24-23(36-25)11-20(35-24)16-7-6-15(26-27(16)31-37-30-26)19-10-22-21(34-19)9-18(33-22)14-5-4-13(32(2)3)8-17(14)28/h4-12,29H,1-3H3. The Kier molecular flexibility index (Phi) is 5.56. The number of fused-ring (bicyclic) bond motifs is 3. The highest BCUT2D eigenvalue weighted by Gasteiger charge is 2.19. The molecule has 0 aliphatic heterocycles. The van der Waals surface area contributed by atoms with Crippen LogP contribution in [0.4, 0.5) is 15.1 Å². The molecule has 0 aliphatic carbocycles. The zero-order chi connectivity index (χ0) is 25.3. The van der Waals surface area contributed by atoms with Crippen LogP contribution >= 0.6 is 57.1 Å². The lowest BCUT2D eigenvalue weighted by Gasteiger charge is -2.13. The van der Waals surface area contributed by atoms with Crippen molar-refractivity contribution in [1.82, 2.24) is 8.75 Å². The smallest absolute Gasteiger partial charge is 0.133 e. The second kappa shape index (κ2) is 8.85. The van der Waals surface area contributed by atoms with Gasteiger partial charge in [0.15, 0.2) is 0 Å². The number of hydrogen-bond acceptors (Lipinski definition) is 9. The summed E-state index contributed by atoms with van der Waals surface area (Å²) in [6, 6.07) is 18.5. The molecule has 5 aromatic heterocycles. The van der Waals surface area contributed by atoms with E-state index in [9.17, 15) is 4.39 Å². The van der Waals surface area contributed by atoms with Gasteiger partial charge in [0, 0.05) is 77.0 Å². The molecule has 0 atom stereocenters. The predicted molar refractivity (Wildman–Crippen MR) is 164 cm³/mol. The van der Waals surface area contributed by atoms with E-state index in [1.807, 2.05) is 38.2 Å². The average molecular weight is 579 g/mol. The Morgan fingerprint density at radius 2 is 1.19 bits per heavy atom. The van der Waals surface area contributed by atoms with Crippen LogP contribution in [-0.2, 0) is 0 Å². The average Bonchev–Trinajstić information content (AvgIpc) is 3.68. The lowest BCUT2D eigenvalue weighted by molar-refractivity contribution is 0.631. The van der Waals surface area contributed by atoms with Crippen molar-refractivity contribution in [2.45, 2.75) is 0 Å². The quantitative estimate of drug-likeness (QED) is 0.221. The van der Waals surface area contributed by atoms with Gasteiger partial charge in [-0.15, -0.1) is 45.3 Å².